The maximum Gasteiger partial charge on any atom is 0.254 e. The minimum atomic E-state index is 0.0442. The first kappa shape index (κ1) is 17.8. The summed E-state index contributed by atoms with van der Waals surface area (Å²) in [6, 6.07) is 17.5. The highest BCUT2D eigenvalue weighted by atomic mass is 79.9. The zero-order valence-electron chi connectivity index (χ0n) is 15.1. The smallest absolute Gasteiger partial charge is 0.254 e. The van der Waals surface area contributed by atoms with Gasteiger partial charge in [0.25, 0.3) is 5.91 Å². The SMILES string of the molecule is COc1cccc(C(=O)N2CCN(c3ccc4cccc(Br)c4n3)CC2)c1. The molecule has 1 aliphatic heterocycles. The summed E-state index contributed by atoms with van der Waals surface area (Å²) in [5.74, 6) is 1.69. The van der Waals surface area contributed by atoms with E-state index in [2.05, 4.69) is 33.0 Å². The van der Waals surface area contributed by atoms with E-state index in [0.717, 1.165) is 34.3 Å². The number of benzene rings is 2. The molecule has 0 unspecified atom stereocenters. The number of hydrogen-bond acceptors (Lipinski definition) is 4. The van der Waals surface area contributed by atoms with Gasteiger partial charge in [0.2, 0.25) is 0 Å². The first-order chi connectivity index (χ1) is 13.2. The van der Waals surface area contributed by atoms with Crippen molar-refractivity contribution in [2.24, 2.45) is 0 Å². The lowest BCUT2D eigenvalue weighted by atomic mass is 10.1. The highest BCUT2D eigenvalue weighted by Crippen LogP contribution is 2.25. The van der Waals surface area contributed by atoms with Crippen LogP contribution in [0.5, 0.6) is 5.75 Å². The molecule has 1 aromatic heterocycles. The van der Waals surface area contributed by atoms with Gasteiger partial charge in [0, 0.05) is 41.6 Å². The fraction of sp³-hybridized carbons (Fsp3) is 0.238. The summed E-state index contributed by atoms with van der Waals surface area (Å²) in [7, 11) is 1.61. The Morgan fingerprint density at radius 3 is 2.59 bits per heavy atom. The van der Waals surface area contributed by atoms with Crippen molar-refractivity contribution >= 4 is 38.6 Å². The number of carbonyl (C=O) groups is 1. The third-order valence-corrected chi connectivity index (χ3v) is 5.50. The van der Waals surface area contributed by atoms with Gasteiger partial charge in [-0.05, 0) is 52.3 Å². The number of amides is 1. The molecule has 2 aromatic carbocycles. The van der Waals surface area contributed by atoms with Gasteiger partial charge < -0.3 is 14.5 Å². The van der Waals surface area contributed by atoms with E-state index in [4.69, 9.17) is 9.72 Å². The number of rotatable bonds is 3. The van der Waals surface area contributed by atoms with Crippen LogP contribution in [0.2, 0.25) is 0 Å². The molecule has 3 aromatic rings. The van der Waals surface area contributed by atoms with Crippen LogP contribution in [-0.4, -0.2) is 49.1 Å². The highest BCUT2D eigenvalue weighted by molar-refractivity contribution is 9.10. The second-order valence-electron chi connectivity index (χ2n) is 6.49. The maximum absolute atomic E-state index is 12.8. The van der Waals surface area contributed by atoms with Gasteiger partial charge >= 0.3 is 0 Å². The number of pyridine rings is 1. The summed E-state index contributed by atoms with van der Waals surface area (Å²) in [6.45, 7) is 2.87. The number of anilines is 1. The predicted octanol–water partition coefficient (Wildman–Crippen LogP) is 3.97. The number of para-hydroxylation sites is 1. The quantitative estimate of drug-likeness (QED) is 0.636. The van der Waals surface area contributed by atoms with Crippen molar-refractivity contribution in [1.82, 2.24) is 9.88 Å². The Morgan fingerprint density at radius 1 is 1.04 bits per heavy atom. The van der Waals surface area contributed by atoms with Crippen LogP contribution >= 0.6 is 15.9 Å². The maximum atomic E-state index is 12.8. The van der Waals surface area contributed by atoms with E-state index in [9.17, 15) is 4.79 Å². The zero-order chi connectivity index (χ0) is 18.8. The number of ether oxygens (including phenoxy) is 1. The summed E-state index contributed by atoms with van der Waals surface area (Å²) in [4.78, 5) is 21.7. The molecule has 0 saturated carbocycles. The van der Waals surface area contributed by atoms with Crippen molar-refractivity contribution in [2.75, 3.05) is 38.2 Å². The van der Waals surface area contributed by atoms with Crippen LogP contribution in [0.1, 0.15) is 10.4 Å². The lowest BCUT2D eigenvalue weighted by Gasteiger charge is -2.35. The third kappa shape index (κ3) is 3.62. The average Bonchev–Trinajstić information content (AvgIpc) is 2.73. The average molecular weight is 426 g/mol. The Bertz CT molecular complexity index is 984. The molecule has 1 fully saturated rings. The van der Waals surface area contributed by atoms with Crippen LogP contribution < -0.4 is 9.64 Å². The minimum absolute atomic E-state index is 0.0442. The fourth-order valence-electron chi connectivity index (χ4n) is 3.35. The summed E-state index contributed by atoms with van der Waals surface area (Å²) >= 11 is 3.58. The largest absolute Gasteiger partial charge is 0.497 e. The molecule has 27 heavy (non-hydrogen) atoms. The molecule has 4 rings (SSSR count). The fourth-order valence-corrected chi connectivity index (χ4v) is 3.82. The molecule has 0 atom stereocenters. The van der Waals surface area contributed by atoms with Crippen molar-refractivity contribution in [1.29, 1.82) is 0 Å². The molecular weight excluding hydrogens is 406 g/mol. The van der Waals surface area contributed by atoms with Crippen LogP contribution in [0.25, 0.3) is 10.9 Å². The number of nitrogens with zero attached hydrogens (tertiary/aromatic N) is 3. The first-order valence-electron chi connectivity index (χ1n) is 8.89. The molecular formula is C21H20BrN3O2. The van der Waals surface area contributed by atoms with Crippen molar-refractivity contribution in [3.63, 3.8) is 0 Å². The van der Waals surface area contributed by atoms with Gasteiger partial charge in [-0.25, -0.2) is 4.98 Å². The van der Waals surface area contributed by atoms with Gasteiger partial charge in [0.1, 0.15) is 11.6 Å². The Labute approximate surface area is 166 Å². The van der Waals surface area contributed by atoms with Crippen LogP contribution in [0.15, 0.2) is 59.1 Å². The van der Waals surface area contributed by atoms with Gasteiger partial charge in [-0.3, -0.25) is 4.79 Å². The molecule has 0 N–H and O–H groups in total. The molecule has 5 nitrogen and oxygen atoms in total. The topological polar surface area (TPSA) is 45.7 Å². The number of fused-ring (bicyclic) bond motifs is 1. The van der Waals surface area contributed by atoms with Gasteiger partial charge in [-0.1, -0.05) is 18.2 Å². The highest BCUT2D eigenvalue weighted by Gasteiger charge is 2.23. The summed E-state index contributed by atoms with van der Waals surface area (Å²) in [5, 5.41) is 1.11. The van der Waals surface area contributed by atoms with Crippen LogP contribution in [-0.2, 0) is 0 Å². The predicted molar refractivity (Wildman–Crippen MR) is 111 cm³/mol. The number of halogens is 1. The number of carbonyl (C=O) groups excluding carboxylic acids is 1. The van der Waals surface area contributed by atoms with Crippen LogP contribution in [0.3, 0.4) is 0 Å². The van der Waals surface area contributed by atoms with Crippen molar-refractivity contribution in [3.05, 3.63) is 64.6 Å². The zero-order valence-corrected chi connectivity index (χ0v) is 16.6. The summed E-state index contributed by atoms with van der Waals surface area (Å²) in [6.07, 6.45) is 0. The summed E-state index contributed by atoms with van der Waals surface area (Å²) in [5.41, 5.74) is 1.63. The van der Waals surface area contributed by atoms with Crippen molar-refractivity contribution in [2.45, 2.75) is 0 Å². The molecule has 0 aliphatic carbocycles. The van der Waals surface area contributed by atoms with E-state index in [-0.39, 0.29) is 5.91 Å². The Balaban J connectivity index is 1.47. The third-order valence-electron chi connectivity index (χ3n) is 4.86. The Hall–Kier alpha value is -2.60. The summed E-state index contributed by atoms with van der Waals surface area (Å²) < 4.78 is 6.22. The molecule has 1 aliphatic rings. The van der Waals surface area contributed by atoms with E-state index in [1.165, 1.54) is 0 Å². The first-order valence-corrected chi connectivity index (χ1v) is 9.68. The van der Waals surface area contributed by atoms with E-state index >= 15 is 0 Å². The number of methoxy groups -OCH3 is 1. The normalized spacial score (nSPS) is 14.4. The molecule has 2 heterocycles. The molecule has 0 spiro atoms. The second-order valence-corrected chi connectivity index (χ2v) is 7.35. The standard InChI is InChI=1S/C21H20BrN3O2/c1-27-17-6-2-5-16(14-17)21(26)25-12-10-24(11-13-25)19-9-8-15-4-3-7-18(22)20(15)23-19/h2-9,14H,10-13H2,1H3. The Morgan fingerprint density at radius 2 is 1.81 bits per heavy atom. The molecule has 1 saturated heterocycles. The monoisotopic (exact) mass is 425 g/mol. The van der Waals surface area contributed by atoms with E-state index in [1.807, 2.05) is 41.3 Å². The van der Waals surface area contributed by atoms with E-state index < -0.39 is 0 Å². The lowest BCUT2D eigenvalue weighted by Crippen LogP contribution is -2.49. The molecule has 6 heteroatoms. The van der Waals surface area contributed by atoms with Gasteiger partial charge in [0.15, 0.2) is 0 Å². The van der Waals surface area contributed by atoms with Gasteiger partial charge in [-0.2, -0.15) is 0 Å². The Kier molecular flexibility index (Phi) is 4.99. The van der Waals surface area contributed by atoms with Gasteiger partial charge in [0.05, 0.1) is 12.6 Å². The number of piperazine rings is 1. The van der Waals surface area contributed by atoms with Crippen LogP contribution in [0, 0.1) is 0 Å². The number of aromatic nitrogens is 1. The minimum Gasteiger partial charge on any atom is -0.497 e. The lowest BCUT2D eigenvalue weighted by molar-refractivity contribution is 0.0746. The van der Waals surface area contributed by atoms with Crippen molar-refractivity contribution < 1.29 is 9.53 Å². The molecule has 138 valence electrons. The van der Waals surface area contributed by atoms with E-state index in [1.54, 1.807) is 13.2 Å². The van der Waals surface area contributed by atoms with Gasteiger partial charge in [-0.15, -0.1) is 0 Å². The number of hydrogen-bond donors (Lipinski definition) is 0. The second kappa shape index (κ2) is 7.56. The van der Waals surface area contributed by atoms with E-state index in [0.29, 0.717) is 24.4 Å². The molecule has 0 bridgehead atoms. The molecule has 1 amide bonds. The van der Waals surface area contributed by atoms with Crippen LogP contribution in [0.4, 0.5) is 5.82 Å². The van der Waals surface area contributed by atoms with Crippen molar-refractivity contribution in [3.8, 4) is 5.75 Å². The molecule has 0 radical (unpaired) electrons.